The van der Waals surface area contributed by atoms with Crippen molar-refractivity contribution in [3.63, 3.8) is 0 Å². The molecule has 3 amide bonds. The van der Waals surface area contributed by atoms with E-state index >= 15 is 0 Å². The Hall–Kier alpha value is -2.33. The number of hydrogen-bond donors (Lipinski definition) is 1. The fourth-order valence-electron chi connectivity index (χ4n) is 3.89. The van der Waals surface area contributed by atoms with Gasteiger partial charge in [0.1, 0.15) is 0 Å². The third kappa shape index (κ3) is 5.33. The zero-order valence-corrected chi connectivity index (χ0v) is 15.8. The molecule has 0 bridgehead atoms. The van der Waals surface area contributed by atoms with Gasteiger partial charge in [-0.05, 0) is 37.6 Å². The Kier molecular flexibility index (Phi) is 6.51. The van der Waals surface area contributed by atoms with Gasteiger partial charge in [0.05, 0.1) is 6.61 Å². The van der Waals surface area contributed by atoms with E-state index in [9.17, 15) is 14.4 Å². The van der Waals surface area contributed by atoms with Crippen LogP contribution in [0.5, 0.6) is 0 Å². The van der Waals surface area contributed by atoms with Crippen molar-refractivity contribution in [3.05, 3.63) is 12.2 Å². The number of nitrogens with one attached hydrogen (secondary N) is 1. The minimum Gasteiger partial charge on any atom is -0.449 e. The van der Waals surface area contributed by atoms with Gasteiger partial charge in [0.25, 0.3) is 11.8 Å². The fourth-order valence-corrected chi connectivity index (χ4v) is 3.89. The van der Waals surface area contributed by atoms with Gasteiger partial charge in [-0.3, -0.25) is 14.5 Å². The number of amides is 3. The Morgan fingerprint density at radius 2 is 1.81 bits per heavy atom. The van der Waals surface area contributed by atoms with Crippen LogP contribution in [-0.4, -0.2) is 67.5 Å². The number of alkyl carbamates (subject to hydrolysis) is 1. The molecular weight excluding hydrogens is 346 g/mol. The molecule has 1 aliphatic heterocycles. The molecule has 7 nitrogen and oxygen atoms in total. The highest BCUT2D eigenvalue weighted by Gasteiger charge is 2.49. The van der Waals surface area contributed by atoms with E-state index in [1.807, 2.05) is 11.9 Å². The largest absolute Gasteiger partial charge is 0.449 e. The lowest BCUT2D eigenvalue weighted by Crippen LogP contribution is -2.39. The summed E-state index contributed by atoms with van der Waals surface area (Å²) in [5.41, 5.74) is 0. The first-order valence-electron chi connectivity index (χ1n) is 9.64. The molecule has 0 aromatic heterocycles. The maximum Gasteiger partial charge on any atom is 0.407 e. The third-order valence-corrected chi connectivity index (χ3v) is 5.61. The summed E-state index contributed by atoms with van der Waals surface area (Å²) in [4.78, 5) is 38.0. The number of carbonyl (C=O) groups excluding carboxylic acids is 3. The van der Waals surface area contributed by atoms with Gasteiger partial charge in [-0.15, -0.1) is 11.8 Å². The highest BCUT2D eigenvalue weighted by Crippen LogP contribution is 2.52. The van der Waals surface area contributed by atoms with Gasteiger partial charge in [-0.1, -0.05) is 0 Å². The summed E-state index contributed by atoms with van der Waals surface area (Å²) in [6.45, 7) is 2.47. The summed E-state index contributed by atoms with van der Waals surface area (Å²) < 4.78 is 5.38. The normalized spacial score (nSPS) is 26.1. The predicted molar refractivity (Wildman–Crippen MR) is 99.4 cm³/mol. The monoisotopic (exact) mass is 373 g/mol. The van der Waals surface area contributed by atoms with Gasteiger partial charge >= 0.3 is 6.09 Å². The first-order valence-corrected chi connectivity index (χ1v) is 9.64. The van der Waals surface area contributed by atoms with Crippen LogP contribution in [0.15, 0.2) is 12.2 Å². The van der Waals surface area contributed by atoms with Gasteiger partial charge in [0.15, 0.2) is 0 Å². The van der Waals surface area contributed by atoms with Crippen molar-refractivity contribution in [2.45, 2.75) is 25.7 Å². The third-order valence-electron chi connectivity index (χ3n) is 5.61. The standard InChI is InChI=1S/C20H27N3O4/c1-22(12-13-23-18(24)8-9-19(23)25)11-10-21-20(26)27-14-17-15-6-4-2-3-5-7-16(15)17/h8-9,15-17H,4-7,10-14H2,1H3,(H,21,26)/t15-,16+,17?. The van der Waals surface area contributed by atoms with Crippen molar-refractivity contribution in [3.8, 4) is 11.8 Å². The molecule has 1 heterocycles. The van der Waals surface area contributed by atoms with Crippen LogP contribution in [0.4, 0.5) is 4.79 Å². The Bertz CT molecular complexity index is 642. The molecule has 1 fully saturated rings. The van der Waals surface area contributed by atoms with Gasteiger partial charge in [0, 0.05) is 51.2 Å². The molecule has 3 aliphatic rings. The number of nitrogens with zero attached hydrogens (tertiary/aromatic N) is 2. The Balaban J connectivity index is 1.24. The zero-order chi connectivity index (χ0) is 19.2. The molecule has 3 rings (SSSR count). The van der Waals surface area contributed by atoms with E-state index in [0.717, 1.165) is 25.7 Å². The molecule has 7 heteroatoms. The lowest BCUT2D eigenvalue weighted by molar-refractivity contribution is -0.136. The highest BCUT2D eigenvalue weighted by molar-refractivity contribution is 6.12. The second-order valence-corrected chi connectivity index (χ2v) is 7.41. The van der Waals surface area contributed by atoms with Gasteiger partial charge in [-0.25, -0.2) is 4.79 Å². The molecule has 146 valence electrons. The lowest BCUT2D eigenvalue weighted by atomic mass is 10.1. The summed E-state index contributed by atoms with van der Waals surface area (Å²) in [5.74, 6) is 7.66. The molecule has 0 aromatic rings. The summed E-state index contributed by atoms with van der Waals surface area (Å²) in [7, 11) is 1.88. The average Bonchev–Trinajstić information content (AvgIpc) is 3.15. The van der Waals surface area contributed by atoms with E-state index in [-0.39, 0.29) is 17.9 Å². The quantitative estimate of drug-likeness (QED) is 0.507. The Labute approximate surface area is 160 Å². The van der Waals surface area contributed by atoms with Crippen LogP contribution in [0.25, 0.3) is 0 Å². The van der Waals surface area contributed by atoms with E-state index in [1.54, 1.807) is 0 Å². The summed E-state index contributed by atoms with van der Waals surface area (Å²) in [6.07, 6.45) is 6.35. The molecule has 1 saturated carbocycles. The van der Waals surface area contributed by atoms with E-state index < -0.39 is 0 Å². The van der Waals surface area contributed by atoms with E-state index in [1.165, 1.54) is 17.1 Å². The van der Waals surface area contributed by atoms with Crippen molar-refractivity contribution in [2.24, 2.45) is 17.8 Å². The number of imide groups is 1. The molecular formula is C20H27N3O4. The zero-order valence-electron chi connectivity index (χ0n) is 15.8. The Morgan fingerprint density at radius 1 is 1.19 bits per heavy atom. The van der Waals surface area contributed by atoms with Crippen molar-refractivity contribution in [1.82, 2.24) is 15.1 Å². The number of likely N-dealkylation sites (N-methyl/N-ethyl adjacent to an activating group) is 1. The minimum absolute atomic E-state index is 0.270. The van der Waals surface area contributed by atoms with Crippen molar-refractivity contribution < 1.29 is 19.1 Å². The van der Waals surface area contributed by atoms with Crippen molar-refractivity contribution in [1.29, 1.82) is 0 Å². The molecule has 0 aromatic carbocycles. The fraction of sp³-hybridized carbons (Fsp3) is 0.650. The Morgan fingerprint density at radius 3 is 2.44 bits per heavy atom. The van der Waals surface area contributed by atoms with Crippen LogP contribution in [0.1, 0.15) is 25.7 Å². The molecule has 1 N–H and O–H groups in total. The van der Waals surface area contributed by atoms with E-state index in [0.29, 0.717) is 50.5 Å². The van der Waals surface area contributed by atoms with Crippen molar-refractivity contribution in [2.75, 3.05) is 39.8 Å². The minimum atomic E-state index is -0.381. The van der Waals surface area contributed by atoms with Crippen LogP contribution in [0, 0.1) is 29.6 Å². The number of hydrogen-bond acceptors (Lipinski definition) is 5. The number of rotatable bonds is 8. The van der Waals surface area contributed by atoms with Crippen LogP contribution in [-0.2, 0) is 14.3 Å². The second kappa shape index (κ2) is 9.05. The molecule has 1 unspecified atom stereocenters. The highest BCUT2D eigenvalue weighted by atomic mass is 16.5. The molecule has 0 radical (unpaired) electrons. The molecule has 27 heavy (non-hydrogen) atoms. The smallest absolute Gasteiger partial charge is 0.407 e. The maximum absolute atomic E-state index is 11.9. The van der Waals surface area contributed by atoms with Gasteiger partial charge in [-0.2, -0.15) is 0 Å². The number of fused-ring (bicyclic) bond motifs is 1. The molecule has 3 atom stereocenters. The summed E-state index contributed by atoms with van der Waals surface area (Å²) in [6, 6.07) is 0. The summed E-state index contributed by atoms with van der Waals surface area (Å²) in [5, 5.41) is 2.76. The van der Waals surface area contributed by atoms with Crippen molar-refractivity contribution >= 4 is 17.9 Å². The predicted octanol–water partition coefficient (Wildman–Crippen LogP) is 1.01. The molecule has 0 spiro atoms. The maximum atomic E-state index is 11.9. The van der Waals surface area contributed by atoms with E-state index in [2.05, 4.69) is 17.2 Å². The molecule has 2 aliphatic carbocycles. The van der Waals surface area contributed by atoms with Crippen LogP contribution >= 0.6 is 0 Å². The number of ether oxygens (including phenoxy) is 1. The summed E-state index contributed by atoms with van der Waals surface area (Å²) >= 11 is 0. The topological polar surface area (TPSA) is 79.0 Å². The van der Waals surface area contributed by atoms with E-state index in [4.69, 9.17) is 4.74 Å². The molecule has 0 saturated heterocycles. The second-order valence-electron chi connectivity index (χ2n) is 7.41. The van der Waals surface area contributed by atoms with Crippen LogP contribution in [0.2, 0.25) is 0 Å². The first-order chi connectivity index (χ1) is 13.1. The van der Waals surface area contributed by atoms with Crippen LogP contribution < -0.4 is 5.32 Å². The van der Waals surface area contributed by atoms with Gasteiger partial charge < -0.3 is 15.0 Å². The lowest BCUT2D eigenvalue weighted by Gasteiger charge is -2.20. The number of carbonyl (C=O) groups is 3. The SMILES string of the molecule is CN(CCNC(=O)OCC1[C@H]2CCC#CCC[C@@H]12)CCN1C(=O)C=CC1=O. The average molecular weight is 373 g/mol. The van der Waals surface area contributed by atoms with Gasteiger partial charge in [0.2, 0.25) is 0 Å². The van der Waals surface area contributed by atoms with Crippen LogP contribution in [0.3, 0.4) is 0 Å². The first kappa shape index (κ1) is 19.4.